The lowest BCUT2D eigenvalue weighted by Gasteiger charge is -2.26. The van der Waals surface area contributed by atoms with Gasteiger partial charge in [-0.05, 0) is 48.6 Å². The molecule has 1 amide bonds. The summed E-state index contributed by atoms with van der Waals surface area (Å²) in [6.45, 7) is 8.87. The first-order valence-electron chi connectivity index (χ1n) is 9.92. The second kappa shape index (κ2) is 8.90. The normalized spacial score (nSPS) is 14.8. The van der Waals surface area contributed by atoms with E-state index in [0.717, 1.165) is 60.2 Å². The van der Waals surface area contributed by atoms with E-state index in [1.165, 1.54) is 0 Å². The molecule has 0 bridgehead atoms. The minimum Gasteiger partial charge on any atom is -0.379 e. The highest BCUT2D eigenvalue weighted by molar-refractivity contribution is 7.13. The summed E-state index contributed by atoms with van der Waals surface area (Å²) in [7, 11) is 0. The molecule has 1 aromatic carbocycles. The molecule has 2 aromatic heterocycles. The molecule has 4 rings (SSSR count). The minimum absolute atomic E-state index is 0.102. The number of carbonyl (C=O) groups excluding carboxylic acids is 1. The Kier molecular flexibility index (Phi) is 6.08. The second-order valence-electron chi connectivity index (χ2n) is 7.30. The van der Waals surface area contributed by atoms with Gasteiger partial charge in [0, 0.05) is 26.2 Å². The third kappa shape index (κ3) is 4.58. The molecule has 3 heterocycles. The van der Waals surface area contributed by atoms with Crippen LogP contribution in [0.4, 0.5) is 0 Å². The molecule has 1 aliphatic rings. The number of morpholine rings is 1. The van der Waals surface area contributed by atoms with Crippen LogP contribution in [0, 0.1) is 13.8 Å². The molecule has 29 heavy (non-hydrogen) atoms. The van der Waals surface area contributed by atoms with Gasteiger partial charge in [-0.1, -0.05) is 18.2 Å². The zero-order chi connectivity index (χ0) is 20.2. The number of carbonyl (C=O) groups is 1. The van der Waals surface area contributed by atoms with Crippen LogP contribution in [0.25, 0.3) is 16.3 Å². The number of thiophene rings is 1. The number of benzene rings is 1. The summed E-state index contributed by atoms with van der Waals surface area (Å²) < 4.78 is 7.16. The van der Waals surface area contributed by atoms with E-state index in [0.29, 0.717) is 12.2 Å². The molecule has 3 aromatic rings. The first-order valence-corrected chi connectivity index (χ1v) is 10.8. The van der Waals surface area contributed by atoms with Crippen molar-refractivity contribution in [3.63, 3.8) is 0 Å². The fraction of sp³-hybridized carbons (Fsp3) is 0.364. The van der Waals surface area contributed by atoms with Crippen LogP contribution in [0.15, 0.2) is 41.8 Å². The zero-order valence-electron chi connectivity index (χ0n) is 16.9. The van der Waals surface area contributed by atoms with Gasteiger partial charge in [0.15, 0.2) is 0 Å². The molecular weight excluding hydrogens is 384 g/mol. The van der Waals surface area contributed by atoms with E-state index in [4.69, 9.17) is 9.84 Å². The summed E-state index contributed by atoms with van der Waals surface area (Å²) in [5.74, 6) is -0.102. The number of ether oxygens (including phenoxy) is 1. The van der Waals surface area contributed by atoms with Crippen LogP contribution < -0.4 is 5.32 Å². The second-order valence-corrected chi connectivity index (χ2v) is 8.25. The summed E-state index contributed by atoms with van der Waals surface area (Å²) in [5.41, 5.74) is 4.53. The molecule has 0 saturated carbocycles. The Labute approximate surface area is 175 Å². The Morgan fingerprint density at radius 2 is 2.03 bits per heavy atom. The van der Waals surface area contributed by atoms with Crippen LogP contribution in [-0.2, 0) is 4.74 Å². The van der Waals surface area contributed by atoms with E-state index >= 15 is 0 Å². The fourth-order valence-electron chi connectivity index (χ4n) is 3.46. The van der Waals surface area contributed by atoms with Crippen LogP contribution in [-0.4, -0.2) is 60.0 Å². The Balaban J connectivity index is 1.58. The smallest absolute Gasteiger partial charge is 0.270 e. The first kappa shape index (κ1) is 19.8. The molecule has 0 spiro atoms. The van der Waals surface area contributed by atoms with Crippen molar-refractivity contribution in [2.45, 2.75) is 13.8 Å². The van der Waals surface area contributed by atoms with Crippen LogP contribution in [0.2, 0.25) is 0 Å². The van der Waals surface area contributed by atoms with E-state index in [1.807, 2.05) is 30.5 Å². The molecule has 1 saturated heterocycles. The highest BCUT2D eigenvalue weighted by Gasteiger charge is 2.19. The van der Waals surface area contributed by atoms with E-state index in [1.54, 1.807) is 16.0 Å². The summed E-state index contributed by atoms with van der Waals surface area (Å²) >= 11 is 1.62. The maximum Gasteiger partial charge on any atom is 0.270 e. The third-order valence-electron chi connectivity index (χ3n) is 5.13. The molecule has 0 atom stereocenters. The molecule has 1 fully saturated rings. The van der Waals surface area contributed by atoms with Crippen LogP contribution in [0.1, 0.15) is 21.6 Å². The van der Waals surface area contributed by atoms with Crippen molar-refractivity contribution in [3.8, 4) is 16.3 Å². The molecule has 1 aliphatic heterocycles. The molecule has 1 N–H and O–H groups in total. The molecule has 7 heteroatoms. The monoisotopic (exact) mass is 410 g/mol. The van der Waals surface area contributed by atoms with Gasteiger partial charge < -0.3 is 10.1 Å². The predicted octanol–water partition coefficient (Wildman–Crippen LogP) is 3.28. The van der Waals surface area contributed by atoms with Gasteiger partial charge in [-0.15, -0.1) is 11.3 Å². The lowest BCUT2D eigenvalue weighted by molar-refractivity contribution is 0.0383. The van der Waals surface area contributed by atoms with Crippen molar-refractivity contribution in [1.82, 2.24) is 20.0 Å². The summed E-state index contributed by atoms with van der Waals surface area (Å²) in [5, 5.41) is 9.88. The molecule has 0 aliphatic carbocycles. The van der Waals surface area contributed by atoms with Gasteiger partial charge in [0.2, 0.25) is 0 Å². The maximum absolute atomic E-state index is 13.0. The Morgan fingerprint density at radius 1 is 1.21 bits per heavy atom. The number of nitrogens with zero attached hydrogens (tertiary/aromatic N) is 3. The SMILES string of the molecule is Cc1ccc(C)c(-n2nc(-c3cccs3)cc2C(=O)NCCN2CCOCC2)c1. The molecule has 0 radical (unpaired) electrons. The lowest BCUT2D eigenvalue weighted by Crippen LogP contribution is -2.41. The number of rotatable bonds is 6. The third-order valence-corrected chi connectivity index (χ3v) is 6.02. The van der Waals surface area contributed by atoms with E-state index < -0.39 is 0 Å². The average Bonchev–Trinajstić information content (AvgIpc) is 3.40. The minimum atomic E-state index is -0.102. The first-order chi connectivity index (χ1) is 14.1. The van der Waals surface area contributed by atoms with Gasteiger partial charge in [-0.2, -0.15) is 5.10 Å². The highest BCUT2D eigenvalue weighted by atomic mass is 32.1. The van der Waals surface area contributed by atoms with Gasteiger partial charge in [0.1, 0.15) is 11.4 Å². The topological polar surface area (TPSA) is 59.4 Å². The van der Waals surface area contributed by atoms with Crippen LogP contribution in [0.5, 0.6) is 0 Å². The molecule has 6 nitrogen and oxygen atoms in total. The van der Waals surface area contributed by atoms with E-state index in [9.17, 15) is 4.79 Å². The summed E-state index contributed by atoms with van der Waals surface area (Å²) in [4.78, 5) is 16.4. The van der Waals surface area contributed by atoms with Gasteiger partial charge in [-0.25, -0.2) is 4.68 Å². The number of aryl methyl sites for hydroxylation is 2. The quantitative estimate of drug-likeness (QED) is 0.678. The van der Waals surface area contributed by atoms with Crippen molar-refractivity contribution in [1.29, 1.82) is 0 Å². The van der Waals surface area contributed by atoms with Crippen LogP contribution in [0.3, 0.4) is 0 Å². The highest BCUT2D eigenvalue weighted by Crippen LogP contribution is 2.27. The van der Waals surface area contributed by atoms with Gasteiger partial charge in [0.05, 0.1) is 23.8 Å². The number of nitrogens with one attached hydrogen (secondary N) is 1. The van der Waals surface area contributed by atoms with Crippen molar-refractivity contribution >= 4 is 17.2 Å². The zero-order valence-corrected chi connectivity index (χ0v) is 17.7. The molecule has 0 unspecified atom stereocenters. The largest absolute Gasteiger partial charge is 0.379 e. The summed E-state index contributed by atoms with van der Waals surface area (Å²) in [6.07, 6.45) is 0. The number of aromatic nitrogens is 2. The van der Waals surface area contributed by atoms with E-state index in [-0.39, 0.29) is 5.91 Å². The molecule has 152 valence electrons. The van der Waals surface area contributed by atoms with Gasteiger partial charge in [0.25, 0.3) is 5.91 Å². The fourth-order valence-corrected chi connectivity index (χ4v) is 4.14. The molecular formula is C22H26N4O2S. The Bertz CT molecular complexity index is 975. The van der Waals surface area contributed by atoms with Crippen molar-refractivity contribution in [3.05, 3.63) is 58.6 Å². The number of amides is 1. The average molecular weight is 411 g/mol. The van der Waals surface area contributed by atoms with Crippen molar-refractivity contribution in [2.75, 3.05) is 39.4 Å². The Morgan fingerprint density at radius 3 is 2.79 bits per heavy atom. The predicted molar refractivity (Wildman–Crippen MR) is 116 cm³/mol. The Hall–Kier alpha value is -2.48. The lowest BCUT2D eigenvalue weighted by atomic mass is 10.1. The number of hydrogen-bond donors (Lipinski definition) is 1. The number of hydrogen-bond acceptors (Lipinski definition) is 5. The van der Waals surface area contributed by atoms with Crippen molar-refractivity contribution < 1.29 is 9.53 Å². The van der Waals surface area contributed by atoms with Crippen molar-refractivity contribution in [2.24, 2.45) is 0 Å². The van der Waals surface area contributed by atoms with Crippen LogP contribution >= 0.6 is 11.3 Å². The standard InChI is InChI=1S/C22H26N4O2S/c1-16-5-6-17(2)19(14-16)26-20(15-18(24-26)21-4-3-13-29-21)22(27)23-7-8-25-9-11-28-12-10-25/h3-6,13-15H,7-12H2,1-2H3,(H,23,27). The maximum atomic E-state index is 13.0. The summed E-state index contributed by atoms with van der Waals surface area (Å²) in [6, 6.07) is 12.1. The van der Waals surface area contributed by atoms with Gasteiger partial charge >= 0.3 is 0 Å². The van der Waals surface area contributed by atoms with E-state index in [2.05, 4.69) is 35.3 Å². The van der Waals surface area contributed by atoms with Gasteiger partial charge in [-0.3, -0.25) is 9.69 Å².